The molecule has 138 valence electrons. The number of carbonyl (C=O) groups is 1. The third-order valence-corrected chi connectivity index (χ3v) is 5.26. The van der Waals surface area contributed by atoms with Crippen LogP contribution in [-0.2, 0) is 0 Å². The molecule has 3 heterocycles. The van der Waals surface area contributed by atoms with E-state index >= 15 is 0 Å². The van der Waals surface area contributed by atoms with E-state index in [2.05, 4.69) is 51.3 Å². The Morgan fingerprint density at radius 2 is 2.04 bits per heavy atom. The van der Waals surface area contributed by atoms with Crippen LogP contribution in [0.5, 0.6) is 0 Å². The number of aromatic amines is 1. The summed E-state index contributed by atoms with van der Waals surface area (Å²) >= 11 is 0. The van der Waals surface area contributed by atoms with E-state index < -0.39 is 5.91 Å². The number of anilines is 1. The second-order valence-electron chi connectivity index (χ2n) is 7.10. The molecule has 1 aliphatic heterocycles. The molecule has 0 radical (unpaired) electrons. The van der Waals surface area contributed by atoms with E-state index in [0.29, 0.717) is 11.5 Å². The highest BCUT2D eigenvalue weighted by molar-refractivity contribution is 5.93. The van der Waals surface area contributed by atoms with Crippen LogP contribution < -0.4 is 10.6 Å². The van der Waals surface area contributed by atoms with Crippen LogP contribution >= 0.6 is 0 Å². The molecule has 0 saturated carbocycles. The fourth-order valence-electron chi connectivity index (χ4n) is 3.79. The molecule has 0 unspecified atom stereocenters. The first kappa shape index (κ1) is 17.3. The van der Waals surface area contributed by atoms with Crippen molar-refractivity contribution in [3.8, 4) is 11.1 Å². The first-order valence-corrected chi connectivity index (χ1v) is 9.23. The molecular formula is C21H23N5O. The third-order valence-electron chi connectivity index (χ3n) is 5.26. The Kier molecular flexibility index (Phi) is 4.62. The molecule has 0 spiro atoms. The molecule has 1 aliphatic rings. The summed E-state index contributed by atoms with van der Waals surface area (Å²) < 4.78 is 0. The Morgan fingerprint density at radius 1 is 1.22 bits per heavy atom. The number of primary amides is 1. The number of rotatable bonds is 4. The lowest BCUT2D eigenvalue weighted by Gasteiger charge is -2.32. The largest absolute Gasteiger partial charge is 0.366 e. The summed E-state index contributed by atoms with van der Waals surface area (Å²) in [5, 5.41) is 7.54. The summed E-state index contributed by atoms with van der Waals surface area (Å²) in [6, 6.07) is 11.9. The summed E-state index contributed by atoms with van der Waals surface area (Å²) in [5.74, 6) is 0.820. The molecule has 4 rings (SSSR count). The van der Waals surface area contributed by atoms with Crippen molar-refractivity contribution < 1.29 is 4.79 Å². The number of hydrogen-bond donors (Lipinski definition) is 2. The van der Waals surface area contributed by atoms with Crippen molar-refractivity contribution in [1.82, 2.24) is 15.2 Å². The molecule has 2 aromatic heterocycles. The van der Waals surface area contributed by atoms with Crippen molar-refractivity contribution in [3.63, 3.8) is 0 Å². The number of carbonyl (C=O) groups excluding carboxylic acids is 1. The zero-order valence-corrected chi connectivity index (χ0v) is 15.4. The summed E-state index contributed by atoms with van der Waals surface area (Å²) in [6.45, 7) is 3.87. The van der Waals surface area contributed by atoms with Gasteiger partial charge in [0, 0.05) is 42.0 Å². The van der Waals surface area contributed by atoms with Crippen LogP contribution in [0.2, 0.25) is 0 Å². The molecule has 6 heteroatoms. The van der Waals surface area contributed by atoms with Crippen LogP contribution in [0, 0.1) is 6.92 Å². The van der Waals surface area contributed by atoms with Crippen LogP contribution in [0.25, 0.3) is 11.1 Å². The van der Waals surface area contributed by atoms with Crippen molar-refractivity contribution in [2.24, 2.45) is 5.73 Å². The van der Waals surface area contributed by atoms with Gasteiger partial charge in [0.05, 0.1) is 6.20 Å². The molecule has 1 amide bonds. The number of nitrogens with two attached hydrogens (primary N) is 1. The topological polar surface area (TPSA) is 87.9 Å². The standard InChI is InChI=1S/C21H23N5O/c1-14-3-2-4-16(11-14)18-13-24-25-20(18)15-6-9-26(10-7-15)19-12-17(21(22)27)5-8-23-19/h2-5,8,11-13,15H,6-7,9-10H2,1H3,(H2,22,27)(H,24,25). The van der Waals surface area contributed by atoms with Crippen LogP contribution in [0.4, 0.5) is 5.82 Å². The van der Waals surface area contributed by atoms with E-state index in [1.54, 1.807) is 18.3 Å². The van der Waals surface area contributed by atoms with Gasteiger partial charge in [-0.3, -0.25) is 9.89 Å². The number of nitrogens with zero attached hydrogens (tertiary/aromatic N) is 3. The molecule has 3 N–H and O–H groups in total. The molecule has 0 atom stereocenters. The third kappa shape index (κ3) is 3.56. The van der Waals surface area contributed by atoms with Crippen LogP contribution in [0.15, 0.2) is 48.8 Å². The minimum Gasteiger partial charge on any atom is -0.366 e. The van der Waals surface area contributed by atoms with Gasteiger partial charge in [-0.05, 0) is 37.5 Å². The second kappa shape index (κ2) is 7.23. The first-order valence-electron chi connectivity index (χ1n) is 9.23. The number of aromatic nitrogens is 3. The molecule has 1 fully saturated rings. The zero-order chi connectivity index (χ0) is 18.8. The maximum Gasteiger partial charge on any atom is 0.248 e. The van der Waals surface area contributed by atoms with E-state index in [1.165, 1.54) is 22.4 Å². The highest BCUT2D eigenvalue weighted by Gasteiger charge is 2.25. The predicted octanol–water partition coefficient (Wildman–Crippen LogP) is 3.26. The average Bonchev–Trinajstić information content (AvgIpc) is 3.18. The van der Waals surface area contributed by atoms with Crippen molar-refractivity contribution in [1.29, 1.82) is 0 Å². The normalized spacial score (nSPS) is 15.1. The number of aryl methyl sites for hydroxylation is 1. The Bertz CT molecular complexity index is 956. The summed E-state index contributed by atoms with van der Waals surface area (Å²) in [4.78, 5) is 18.0. The lowest BCUT2D eigenvalue weighted by molar-refractivity contribution is 0.1000. The lowest BCUT2D eigenvalue weighted by Crippen LogP contribution is -2.34. The van der Waals surface area contributed by atoms with Crippen molar-refractivity contribution >= 4 is 11.7 Å². The average molecular weight is 361 g/mol. The number of pyridine rings is 1. The van der Waals surface area contributed by atoms with Gasteiger partial charge in [0.1, 0.15) is 5.82 Å². The molecule has 0 bridgehead atoms. The second-order valence-corrected chi connectivity index (χ2v) is 7.10. The molecule has 0 aliphatic carbocycles. The maximum atomic E-state index is 11.4. The minimum absolute atomic E-state index is 0.422. The molecular weight excluding hydrogens is 338 g/mol. The Morgan fingerprint density at radius 3 is 2.78 bits per heavy atom. The van der Waals surface area contributed by atoms with Gasteiger partial charge >= 0.3 is 0 Å². The van der Waals surface area contributed by atoms with Crippen molar-refractivity contribution in [2.45, 2.75) is 25.7 Å². The van der Waals surface area contributed by atoms with Crippen LogP contribution in [0.1, 0.15) is 40.4 Å². The van der Waals surface area contributed by atoms with Gasteiger partial charge in [0.25, 0.3) is 0 Å². The highest BCUT2D eigenvalue weighted by Crippen LogP contribution is 2.35. The monoisotopic (exact) mass is 361 g/mol. The van der Waals surface area contributed by atoms with Gasteiger partial charge in [-0.25, -0.2) is 4.98 Å². The van der Waals surface area contributed by atoms with Gasteiger partial charge < -0.3 is 10.6 Å². The smallest absolute Gasteiger partial charge is 0.248 e. The predicted molar refractivity (Wildman–Crippen MR) is 106 cm³/mol. The van der Waals surface area contributed by atoms with Gasteiger partial charge in [-0.2, -0.15) is 5.10 Å². The van der Waals surface area contributed by atoms with Gasteiger partial charge in [0.15, 0.2) is 0 Å². The number of nitrogens with one attached hydrogen (secondary N) is 1. The summed E-state index contributed by atoms with van der Waals surface area (Å²) in [6.07, 6.45) is 5.58. The Labute approximate surface area is 158 Å². The van der Waals surface area contributed by atoms with E-state index in [4.69, 9.17) is 5.73 Å². The van der Waals surface area contributed by atoms with Gasteiger partial charge in [0.2, 0.25) is 5.91 Å². The molecule has 3 aromatic rings. The molecule has 1 aromatic carbocycles. The highest BCUT2D eigenvalue weighted by atomic mass is 16.1. The SMILES string of the molecule is Cc1cccc(-c2cn[nH]c2C2CCN(c3cc(C(N)=O)ccn3)CC2)c1. The Hall–Kier alpha value is -3.15. The fourth-order valence-corrected chi connectivity index (χ4v) is 3.79. The Balaban J connectivity index is 1.50. The molecule has 27 heavy (non-hydrogen) atoms. The van der Waals surface area contributed by atoms with E-state index in [-0.39, 0.29) is 0 Å². The number of hydrogen-bond acceptors (Lipinski definition) is 4. The number of benzene rings is 1. The van der Waals surface area contributed by atoms with Crippen LogP contribution in [-0.4, -0.2) is 34.2 Å². The minimum atomic E-state index is -0.422. The van der Waals surface area contributed by atoms with Crippen LogP contribution in [0.3, 0.4) is 0 Å². The number of H-pyrrole nitrogens is 1. The van der Waals surface area contributed by atoms with Gasteiger partial charge in [-0.1, -0.05) is 29.8 Å². The van der Waals surface area contributed by atoms with Gasteiger partial charge in [-0.15, -0.1) is 0 Å². The summed E-state index contributed by atoms with van der Waals surface area (Å²) in [5.41, 5.74) is 10.7. The summed E-state index contributed by atoms with van der Waals surface area (Å²) in [7, 11) is 0. The molecule has 1 saturated heterocycles. The quantitative estimate of drug-likeness (QED) is 0.746. The van der Waals surface area contributed by atoms with E-state index in [9.17, 15) is 4.79 Å². The number of piperidine rings is 1. The fraction of sp³-hybridized carbons (Fsp3) is 0.286. The number of amides is 1. The first-order chi connectivity index (χ1) is 13.1. The molecule has 6 nitrogen and oxygen atoms in total. The zero-order valence-electron chi connectivity index (χ0n) is 15.4. The lowest BCUT2D eigenvalue weighted by atomic mass is 9.89. The maximum absolute atomic E-state index is 11.4. The van der Waals surface area contributed by atoms with E-state index in [1.807, 2.05) is 6.20 Å². The van der Waals surface area contributed by atoms with Crippen molar-refractivity contribution in [3.05, 3.63) is 65.6 Å². The van der Waals surface area contributed by atoms with Crippen molar-refractivity contribution in [2.75, 3.05) is 18.0 Å². The van der Waals surface area contributed by atoms with E-state index in [0.717, 1.165) is 31.7 Å².